The van der Waals surface area contributed by atoms with Crippen molar-refractivity contribution in [1.29, 1.82) is 5.26 Å². The van der Waals surface area contributed by atoms with E-state index in [0.717, 1.165) is 16.9 Å². The maximum absolute atomic E-state index is 8.88. The van der Waals surface area contributed by atoms with Crippen molar-refractivity contribution in [2.24, 2.45) is 0 Å². The van der Waals surface area contributed by atoms with Crippen LogP contribution in [-0.2, 0) is 0 Å². The fourth-order valence-corrected chi connectivity index (χ4v) is 1.83. The predicted octanol–water partition coefficient (Wildman–Crippen LogP) is 4.01. The molecule has 0 saturated carbocycles. The summed E-state index contributed by atoms with van der Waals surface area (Å²) in [7, 11) is 0. The molecule has 0 radical (unpaired) electrons. The Morgan fingerprint density at radius 3 is 2.44 bits per heavy atom. The zero-order valence-corrected chi connectivity index (χ0v) is 10.6. The van der Waals surface area contributed by atoms with Crippen LogP contribution < -0.4 is 4.74 Å². The molecule has 0 aromatic heterocycles. The molecule has 1 atom stereocenters. The second kappa shape index (κ2) is 5.37. The smallest absolute Gasteiger partial charge is 0.121 e. The highest BCUT2D eigenvalue weighted by Gasteiger charge is 2.07. The minimum atomic E-state index is -0.00136. The molecule has 0 aliphatic rings. The maximum Gasteiger partial charge on any atom is 0.121 e. The number of nitrogens with zero attached hydrogens (tertiary/aromatic N) is 1. The second-order valence-corrected chi connectivity index (χ2v) is 4.26. The van der Waals surface area contributed by atoms with Gasteiger partial charge in [-0.25, -0.2) is 0 Å². The molecule has 2 aromatic rings. The Morgan fingerprint density at radius 2 is 1.83 bits per heavy atom. The highest BCUT2D eigenvalue weighted by atomic mass is 16.5. The van der Waals surface area contributed by atoms with Crippen molar-refractivity contribution in [3.05, 3.63) is 65.2 Å². The lowest BCUT2D eigenvalue weighted by Crippen LogP contribution is -2.03. The number of ether oxygens (including phenoxy) is 1. The van der Waals surface area contributed by atoms with Crippen molar-refractivity contribution in [3.8, 4) is 11.8 Å². The number of rotatable bonds is 3. The molecular formula is C16H15NO. The van der Waals surface area contributed by atoms with Crippen molar-refractivity contribution >= 4 is 0 Å². The molecule has 2 aromatic carbocycles. The molecule has 0 aliphatic carbocycles. The van der Waals surface area contributed by atoms with Crippen LogP contribution in [0.2, 0.25) is 0 Å². The molecule has 0 fully saturated rings. The third-order valence-electron chi connectivity index (χ3n) is 2.90. The van der Waals surface area contributed by atoms with Crippen LogP contribution >= 0.6 is 0 Å². The van der Waals surface area contributed by atoms with E-state index in [1.54, 1.807) is 6.07 Å². The highest BCUT2D eigenvalue weighted by molar-refractivity contribution is 5.42. The first-order valence-electron chi connectivity index (χ1n) is 5.93. The standard InChI is InChI=1S/C16H15NO/c1-12-10-16(9-8-15(12)11-17)18-13(2)14-6-4-3-5-7-14/h3-10,13H,1-2H3. The summed E-state index contributed by atoms with van der Waals surface area (Å²) in [5, 5.41) is 8.88. The fourth-order valence-electron chi connectivity index (χ4n) is 1.83. The van der Waals surface area contributed by atoms with Crippen LogP contribution in [0.3, 0.4) is 0 Å². The molecule has 0 spiro atoms. The molecule has 1 unspecified atom stereocenters. The van der Waals surface area contributed by atoms with E-state index in [0.29, 0.717) is 5.56 Å². The van der Waals surface area contributed by atoms with Crippen LogP contribution in [0.4, 0.5) is 0 Å². The Kier molecular flexibility index (Phi) is 3.64. The Bertz CT molecular complexity index is 569. The Labute approximate surface area is 107 Å². The first-order chi connectivity index (χ1) is 8.70. The number of aryl methyl sites for hydroxylation is 1. The number of nitriles is 1. The topological polar surface area (TPSA) is 33.0 Å². The minimum absolute atomic E-state index is 0.00136. The zero-order chi connectivity index (χ0) is 13.0. The van der Waals surface area contributed by atoms with Crippen molar-refractivity contribution in [1.82, 2.24) is 0 Å². The zero-order valence-electron chi connectivity index (χ0n) is 10.6. The summed E-state index contributed by atoms with van der Waals surface area (Å²) in [6.07, 6.45) is -0.00136. The van der Waals surface area contributed by atoms with E-state index in [1.807, 2.05) is 56.3 Å². The molecule has 2 rings (SSSR count). The monoisotopic (exact) mass is 237 g/mol. The second-order valence-electron chi connectivity index (χ2n) is 4.26. The van der Waals surface area contributed by atoms with Gasteiger partial charge in [-0.05, 0) is 43.2 Å². The lowest BCUT2D eigenvalue weighted by molar-refractivity contribution is 0.227. The predicted molar refractivity (Wildman–Crippen MR) is 71.4 cm³/mol. The van der Waals surface area contributed by atoms with Crippen LogP contribution in [0.1, 0.15) is 29.7 Å². The van der Waals surface area contributed by atoms with Gasteiger partial charge in [0.1, 0.15) is 11.9 Å². The summed E-state index contributed by atoms with van der Waals surface area (Å²) in [6.45, 7) is 3.93. The third-order valence-corrected chi connectivity index (χ3v) is 2.90. The largest absolute Gasteiger partial charge is 0.486 e. The fraction of sp³-hybridized carbons (Fsp3) is 0.188. The number of benzene rings is 2. The molecule has 90 valence electrons. The van der Waals surface area contributed by atoms with Crippen LogP contribution in [0.15, 0.2) is 48.5 Å². The van der Waals surface area contributed by atoms with Gasteiger partial charge in [-0.2, -0.15) is 5.26 Å². The summed E-state index contributed by atoms with van der Waals surface area (Å²) in [5.74, 6) is 0.794. The molecule has 18 heavy (non-hydrogen) atoms. The van der Waals surface area contributed by atoms with E-state index in [9.17, 15) is 0 Å². The van der Waals surface area contributed by atoms with Gasteiger partial charge in [-0.1, -0.05) is 30.3 Å². The Morgan fingerprint density at radius 1 is 1.11 bits per heavy atom. The van der Waals surface area contributed by atoms with Gasteiger partial charge in [-0.3, -0.25) is 0 Å². The third kappa shape index (κ3) is 2.70. The van der Waals surface area contributed by atoms with E-state index in [4.69, 9.17) is 10.00 Å². The van der Waals surface area contributed by atoms with E-state index in [2.05, 4.69) is 6.07 Å². The van der Waals surface area contributed by atoms with Gasteiger partial charge in [0.05, 0.1) is 11.6 Å². The van der Waals surface area contributed by atoms with Gasteiger partial charge in [0, 0.05) is 0 Å². The molecule has 2 heteroatoms. The average molecular weight is 237 g/mol. The lowest BCUT2D eigenvalue weighted by atomic mass is 10.1. The SMILES string of the molecule is Cc1cc(OC(C)c2ccccc2)ccc1C#N. The van der Waals surface area contributed by atoms with Gasteiger partial charge >= 0.3 is 0 Å². The maximum atomic E-state index is 8.88. The normalized spacial score (nSPS) is 11.6. The van der Waals surface area contributed by atoms with Crippen LogP contribution in [0, 0.1) is 18.3 Å². The van der Waals surface area contributed by atoms with Crippen molar-refractivity contribution in [2.45, 2.75) is 20.0 Å². The first kappa shape index (κ1) is 12.2. The van der Waals surface area contributed by atoms with E-state index >= 15 is 0 Å². The lowest BCUT2D eigenvalue weighted by Gasteiger charge is -2.15. The number of hydrogen-bond acceptors (Lipinski definition) is 2. The van der Waals surface area contributed by atoms with Crippen molar-refractivity contribution < 1.29 is 4.74 Å². The van der Waals surface area contributed by atoms with E-state index < -0.39 is 0 Å². The first-order valence-corrected chi connectivity index (χ1v) is 5.93. The van der Waals surface area contributed by atoms with Gasteiger partial charge in [0.25, 0.3) is 0 Å². The van der Waals surface area contributed by atoms with Gasteiger partial charge in [0.2, 0.25) is 0 Å². The number of hydrogen-bond donors (Lipinski definition) is 0. The molecule has 0 saturated heterocycles. The van der Waals surface area contributed by atoms with Gasteiger partial charge in [-0.15, -0.1) is 0 Å². The molecule has 2 nitrogen and oxygen atoms in total. The van der Waals surface area contributed by atoms with Crippen LogP contribution in [-0.4, -0.2) is 0 Å². The molecule has 0 N–H and O–H groups in total. The molecule has 0 aliphatic heterocycles. The summed E-state index contributed by atoms with van der Waals surface area (Å²) < 4.78 is 5.87. The molecule has 0 bridgehead atoms. The summed E-state index contributed by atoms with van der Waals surface area (Å²) in [4.78, 5) is 0. The Hall–Kier alpha value is -2.27. The highest BCUT2D eigenvalue weighted by Crippen LogP contribution is 2.23. The Balaban J connectivity index is 2.15. The molecule has 0 amide bonds. The minimum Gasteiger partial charge on any atom is -0.486 e. The van der Waals surface area contributed by atoms with E-state index in [1.165, 1.54) is 0 Å². The quantitative estimate of drug-likeness (QED) is 0.808. The average Bonchev–Trinajstić information content (AvgIpc) is 2.40. The molecular weight excluding hydrogens is 222 g/mol. The van der Waals surface area contributed by atoms with E-state index in [-0.39, 0.29) is 6.10 Å². The van der Waals surface area contributed by atoms with Crippen molar-refractivity contribution in [2.75, 3.05) is 0 Å². The van der Waals surface area contributed by atoms with Crippen molar-refractivity contribution in [3.63, 3.8) is 0 Å². The van der Waals surface area contributed by atoms with Crippen LogP contribution in [0.5, 0.6) is 5.75 Å². The van der Waals surface area contributed by atoms with Gasteiger partial charge < -0.3 is 4.74 Å². The summed E-state index contributed by atoms with van der Waals surface area (Å²) >= 11 is 0. The summed E-state index contributed by atoms with van der Waals surface area (Å²) in [5.41, 5.74) is 2.77. The molecule has 0 heterocycles. The van der Waals surface area contributed by atoms with Crippen LogP contribution in [0.25, 0.3) is 0 Å². The summed E-state index contributed by atoms with van der Waals surface area (Å²) in [6, 6.07) is 17.8. The van der Waals surface area contributed by atoms with Gasteiger partial charge in [0.15, 0.2) is 0 Å².